The third-order valence-corrected chi connectivity index (χ3v) is 6.31. The number of methoxy groups -OCH3 is 1. The molecule has 0 unspecified atom stereocenters. The third-order valence-electron chi connectivity index (χ3n) is 5.34. The molecule has 10 heteroatoms. The standard InChI is InChI=1S/C25H33N3O6S/c1-18(2)17-23(22(25(30)27-31)12-8-11-19-9-6-5-7-10-19)24(29)26-28(35(4,32)33)20-13-15-21(34-3)16-14-20/h5-11,13-16,18,22-23,31H,12,17H2,1-4H3,(H,26,29)(H,27,30)/t22-,23-/m0/s1. The molecular formula is C25H33N3O6S. The minimum absolute atomic E-state index is 0.0190. The molecule has 0 bridgehead atoms. The summed E-state index contributed by atoms with van der Waals surface area (Å²) in [5, 5.41) is 9.35. The van der Waals surface area contributed by atoms with Crippen molar-refractivity contribution in [1.29, 1.82) is 0 Å². The molecule has 2 atom stereocenters. The summed E-state index contributed by atoms with van der Waals surface area (Å²) in [6.45, 7) is 3.79. The van der Waals surface area contributed by atoms with Gasteiger partial charge in [0.2, 0.25) is 21.8 Å². The van der Waals surface area contributed by atoms with E-state index in [4.69, 9.17) is 4.74 Å². The molecule has 0 fully saturated rings. The summed E-state index contributed by atoms with van der Waals surface area (Å²) in [4.78, 5) is 26.0. The Bertz CT molecular complexity index is 1100. The van der Waals surface area contributed by atoms with Crippen LogP contribution in [0, 0.1) is 17.8 Å². The number of benzene rings is 2. The second-order valence-corrected chi connectivity index (χ2v) is 10.4. The van der Waals surface area contributed by atoms with Gasteiger partial charge < -0.3 is 4.74 Å². The number of hydroxylamine groups is 1. The highest BCUT2D eigenvalue weighted by atomic mass is 32.2. The van der Waals surface area contributed by atoms with Gasteiger partial charge in [-0.1, -0.05) is 56.3 Å². The Kier molecular flexibility index (Phi) is 10.3. The monoisotopic (exact) mass is 503 g/mol. The van der Waals surface area contributed by atoms with Gasteiger partial charge in [0.05, 0.1) is 30.9 Å². The zero-order valence-electron chi connectivity index (χ0n) is 20.3. The Hall–Kier alpha value is -3.37. The minimum atomic E-state index is -3.90. The fourth-order valence-electron chi connectivity index (χ4n) is 3.65. The van der Waals surface area contributed by atoms with Crippen LogP contribution in [0.3, 0.4) is 0 Å². The van der Waals surface area contributed by atoms with E-state index in [-0.39, 0.29) is 18.0 Å². The lowest BCUT2D eigenvalue weighted by Crippen LogP contribution is -2.51. The SMILES string of the molecule is COc1ccc(N(NC(=O)[C@@H](CC(C)C)[C@H](CC=Cc2ccccc2)C(=O)NO)S(C)(=O)=O)cc1. The van der Waals surface area contributed by atoms with Crippen LogP contribution in [0.4, 0.5) is 5.69 Å². The van der Waals surface area contributed by atoms with Crippen LogP contribution in [0.2, 0.25) is 0 Å². The van der Waals surface area contributed by atoms with Gasteiger partial charge >= 0.3 is 0 Å². The fourth-order valence-corrected chi connectivity index (χ4v) is 4.41. The van der Waals surface area contributed by atoms with E-state index in [1.807, 2.05) is 50.3 Å². The predicted octanol–water partition coefficient (Wildman–Crippen LogP) is 3.38. The second-order valence-electron chi connectivity index (χ2n) is 8.57. The van der Waals surface area contributed by atoms with E-state index >= 15 is 0 Å². The van der Waals surface area contributed by atoms with Crippen LogP contribution >= 0.6 is 0 Å². The van der Waals surface area contributed by atoms with Crippen molar-refractivity contribution in [2.75, 3.05) is 17.8 Å². The second kappa shape index (κ2) is 12.9. The Morgan fingerprint density at radius 2 is 1.66 bits per heavy atom. The van der Waals surface area contributed by atoms with E-state index in [1.54, 1.807) is 23.7 Å². The molecule has 3 N–H and O–H groups in total. The van der Waals surface area contributed by atoms with Crippen LogP contribution in [0.1, 0.15) is 32.3 Å². The summed E-state index contributed by atoms with van der Waals surface area (Å²) < 4.78 is 30.9. The number of carbonyl (C=O) groups excluding carboxylic acids is 2. The normalized spacial score (nSPS) is 13.3. The van der Waals surface area contributed by atoms with Crippen molar-refractivity contribution in [2.45, 2.75) is 26.7 Å². The Balaban J connectivity index is 2.34. The molecule has 0 saturated heterocycles. The van der Waals surface area contributed by atoms with Crippen LogP contribution in [-0.4, -0.2) is 38.8 Å². The van der Waals surface area contributed by atoms with Gasteiger partial charge in [-0.3, -0.25) is 20.2 Å². The van der Waals surface area contributed by atoms with Crippen molar-refractivity contribution >= 4 is 33.6 Å². The molecule has 35 heavy (non-hydrogen) atoms. The van der Waals surface area contributed by atoms with Crippen molar-refractivity contribution in [3.05, 3.63) is 66.2 Å². The molecule has 0 aromatic heterocycles. The number of anilines is 1. The van der Waals surface area contributed by atoms with Crippen LogP contribution in [0.25, 0.3) is 6.08 Å². The first-order chi connectivity index (χ1) is 16.6. The minimum Gasteiger partial charge on any atom is -0.497 e. The third kappa shape index (κ3) is 8.41. The van der Waals surface area contributed by atoms with E-state index in [1.165, 1.54) is 19.2 Å². The molecule has 2 aromatic carbocycles. The van der Waals surface area contributed by atoms with E-state index in [0.717, 1.165) is 16.2 Å². The highest BCUT2D eigenvalue weighted by molar-refractivity contribution is 7.92. The van der Waals surface area contributed by atoms with Crippen molar-refractivity contribution < 1.29 is 28.0 Å². The molecule has 9 nitrogen and oxygen atoms in total. The Labute approximate surface area is 206 Å². The van der Waals surface area contributed by atoms with Gasteiger partial charge in [0.1, 0.15) is 5.75 Å². The van der Waals surface area contributed by atoms with Gasteiger partial charge in [0.15, 0.2) is 0 Å². The van der Waals surface area contributed by atoms with Crippen LogP contribution in [0.15, 0.2) is 60.7 Å². The maximum atomic E-state index is 13.4. The fraction of sp³-hybridized carbons (Fsp3) is 0.360. The number of amides is 2. The van der Waals surface area contributed by atoms with E-state index in [2.05, 4.69) is 5.43 Å². The van der Waals surface area contributed by atoms with Gasteiger partial charge in [-0.2, -0.15) is 4.41 Å². The van der Waals surface area contributed by atoms with Gasteiger partial charge in [0.25, 0.3) is 0 Å². The first-order valence-corrected chi connectivity index (χ1v) is 13.0. The van der Waals surface area contributed by atoms with Crippen molar-refractivity contribution in [2.24, 2.45) is 17.8 Å². The Morgan fingerprint density at radius 1 is 1.03 bits per heavy atom. The zero-order chi connectivity index (χ0) is 26.0. The van der Waals surface area contributed by atoms with Crippen molar-refractivity contribution in [3.63, 3.8) is 0 Å². The average molecular weight is 504 g/mol. The molecule has 0 aliphatic heterocycles. The topological polar surface area (TPSA) is 125 Å². The first kappa shape index (κ1) is 27.9. The number of hydrazine groups is 1. The summed E-state index contributed by atoms with van der Waals surface area (Å²) >= 11 is 0. The summed E-state index contributed by atoms with van der Waals surface area (Å²) in [6.07, 6.45) is 5.00. The lowest BCUT2D eigenvalue weighted by molar-refractivity contribution is -0.140. The van der Waals surface area contributed by atoms with E-state index in [0.29, 0.717) is 12.2 Å². The number of rotatable bonds is 12. The number of carbonyl (C=O) groups is 2. The average Bonchev–Trinajstić information content (AvgIpc) is 2.83. The summed E-state index contributed by atoms with van der Waals surface area (Å²) in [6, 6.07) is 15.6. The molecule has 0 saturated carbocycles. The van der Waals surface area contributed by atoms with Crippen LogP contribution < -0.4 is 20.1 Å². The van der Waals surface area contributed by atoms with Crippen molar-refractivity contribution in [3.8, 4) is 5.75 Å². The van der Waals surface area contributed by atoms with Gasteiger partial charge in [-0.25, -0.2) is 13.9 Å². The molecule has 0 aliphatic carbocycles. The number of hydrogen-bond acceptors (Lipinski definition) is 6. The van der Waals surface area contributed by atoms with Crippen LogP contribution in [-0.2, 0) is 19.6 Å². The van der Waals surface area contributed by atoms with E-state index < -0.39 is 33.7 Å². The summed E-state index contributed by atoms with van der Waals surface area (Å²) in [5.41, 5.74) is 5.24. The predicted molar refractivity (Wildman–Crippen MR) is 135 cm³/mol. The molecule has 2 aromatic rings. The van der Waals surface area contributed by atoms with E-state index in [9.17, 15) is 23.2 Å². The number of hydrogen-bond donors (Lipinski definition) is 3. The molecular weight excluding hydrogens is 470 g/mol. The number of sulfonamides is 1. The lowest BCUT2D eigenvalue weighted by atomic mass is 9.82. The highest BCUT2D eigenvalue weighted by Crippen LogP contribution is 2.27. The zero-order valence-corrected chi connectivity index (χ0v) is 21.2. The quantitative estimate of drug-likeness (QED) is 0.301. The number of allylic oxidation sites excluding steroid dienone is 1. The number of ether oxygens (including phenoxy) is 1. The first-order valence-electron chi connectivity index (χ1n) is 11.2. The summed E-state index contributed by atoms with van der Waals surface area (Å²) in [5.74, 6) is -2.67. The maximum Gasteiger partial charge on any atom is 0.249 e. The smallest absolute Gasteiger partial charge is 0.249 e. The lowest BCUT2D eigenvalue weighted by Gasteiger charge is -2.29. The highest BCUT2D eigenvalue weighted by Gasteiger charge is 2.35. The molecule has 2 amide bonds. The van der Waals surface area contributed by atoms with Gasteiger partial charge in [-0.05, 0) is 48.6 Å². The largest absolute Gasteiger partial charge is 0.497 e. The van der Waals surface area contributed by atoms with Gasteiger partial charge in [0, 0.05) is 0 Å². The maximum absolute atomic E-state index is 13.4. The molecule has 0 spiro atoms. The number of nitrogens with zero attached hydrogens (tertiary/aromatic N) is 1. The van der Waals surface area contributed by atoms with Gasteiger partial charge in [-0.15, -0.1) is 0 Å². The Morgan fingerprint density at radius 3 is 2.17 bits per heavy atom. The summed E-state index contributed by atoms with van der Waals surface area (Å²) in [7, 11) is -2.42. The molecule has 0 aliphatic rings. The number of nitrogens with one attached hydrogen (secondary N) is 2. The molecule has 0 radical (unpaired) electrons. The van der Waals surface area contributed by atoms with Crippen LogP contribution in [0.5, 0.6) is 5.75 Å². The van der Waals surface area contributed by atoms with Crippen molar-refractivity contribution in [1.82, 2.24) is 10.9 Å². The molecule has 190 valence electrons. The molecule has 0 heterocycles. The molecule has 2 rings (SSSR count).